The molecule has 0 amide bonds. The molecule has 0 unspecified atom stereocenters. The Morgan fingerprint density at radius 1 is 1.07 bits per heavy atom. The molecule has 3 aromatic rings. The van der Waals surface area contributed by atoms with Crippen molar-refractivity contribution in [2.75, 3.05) is 7.11 Å². The van der Waals surface area contributed by atoms with Gasteiger partial charge in [0.1, 0.15) is 22.7 Å². The van der Waals surface area contributed by atoms with E-state index in [2.05, 4.69) is 26.0 Å². The molecule has 0 aliphatic carbocycles. The molecule has 2 aromatic carbocycles. The lowest BCUT2D eigenvalue weighted by atomic mass is 9.89. The normalized spacial score (nSPS) is 14.8. The summed E-state index contributed by atoms with van der Waals surface area (Å²) < 4.78 is 17.3. The number of hydrogen-bond acceptors (Lipinski definition) is 4. The SMILES string of the molecule is COc1ccc(-c2cc3oc(=O)cc(C(C)C)c3c3c2C=CC(C)(C)O3)cc1. The first-order chi connectivity index (χ1) is 13.3. The van der Waals surface area contributed by atoms with Crippen LogP contribution in [0.25, 0.3) is 28.2 Å². The Balaban J connectivity index is 2.08. The highest BCUT2D eigenvalue weighted by Crippen LogP contribution is 2.45. The molecule has 4 heteroatoms. The summed E-state index contributed by atoms with van der Waals surface area (Å²) in [6.45, 7) is 8.18. The van der Waals surface area contributed by atoms with Crippen LogP contribution in [-0.2, 0) is 0 Å². The van der Waals surface area contributed by atoms with Gasteiger partial charge in [-0.2, -0.15) is 0 Å². The minimum absolute atomic E-state index is 0.167. The quantitative estimate of drug-likeness (QED) is 0.544. The Morgan fingerprint density at radius 3 is 2.43 bits per heavy atom. The van der Waals surface area contributed by atoms with E-state index in [0.717, 1.165) is 39.1 Å². The Kier molecular flexibility index (Phi) is 4.30. The van der Waals surface area contributed by atoms with Crippen LogP contribution < -0.4 is 15.1 Å². The van der Waals surface area contributed by atoms with Gasteiger partial charge in [-0.25, -0.2) is 4.79 Å². The fourth-order valence-electron chi connectivity index (χ4n) is 3.66. The molecule has 1 aliphatic heterocycles. The van der Waals surface area contributed by atoms with E-state index in [1.54, 1.807) is 13.2 Å². The van der Waals surface area contributed by atoms with Crippen molar-refractivity contribution in [1.29, 1.82) is 0 Å². The zero-order valence-corrected chi connectivity index (χ0v) is 16.8. The van der Waals surface area contributed by atoms with Gasteiger partial charge in [-0.05, 0) is 60.7 Å². The van der Waals surface area contributed by atoms with Crippen molar-refractivity contribution in [2.24, 2.45) is 0 Å². The molecule has 0 radical (unpaired) electrons. The topological polar surface area (TPSA) is 48.7 Å². The van der Waals surface area contributed by atoms with E-state index in [1.165, 1.54) is 0 Å². The summed E-state index contributed by atoms with van der Waals surface area (Å²) in [7, 11) is 1.65. The van der Waals surface area contributed by atoms with Crippen LogP contribution >= 0.6 is 0 Å². The third kappa shape index (κ3) is 3.09. The van der Waals surface area contributed by atoms with Gasteiger partial charge in [0.2, 0.25) is 0 Å². The lowest BCUT2D eigenvalue weighted by Crippen LogP contribution is -2.28. The second-order valence-electron chi connectivity index (χ2n) is 7.98. The minimum atomic E-state index is -0.442. The zero-order chi connectivity index (χ0) is 20.1. The predicted octanol–water partition coefficient (Wildman–Crippen LogP) is 5.78. The van der Waals surface area contributed by atoms with Crippen LogP contribution in [0.2, 0.25) is 0 Å². The van der Waals surface area contributed by atoms with Gasteiger partial charge in [-0.15, -0.1) is 0 Å². The summed E-state index contributed by atoms with van der Waals surface area (Å²) >= 11 is 0. The van der Waals surface area contributed by atoms with Gasteiger partial charge in [0, 0.05) is 11.6 Å². The summed E-state index contributed by atoms with van der Waals surface area (Å²) in [5.41, 5.74) is 3.66. The van der Waals surface area contributed by atoms with Crippen LogP contribution in [0.4, 0.5) is 0 Å². The van der Waals surface area contributed by atoms with Crippen molar-refractivity contribution < 1.29 is 13.9 Å². The van der Waals surface area contributed by atoms with E-state index < -0.39 is 5.60 Å². The largest absolute Gasteiger partial charge is 0.497 e. The highest BCUT2D eigenvalue weighted by atomic mass is 16.5. The first-order valence-corrected chi connectivity index (χ1v) is 9.46. The maximum Gasteiger partial charge on any atom is 0.336 e. The summed E-state index contributed by atoms with van der Waals surface area (Å²) in [5.74, 6) is 1.73. The molecule has 0 saturated carbocycles. The van der Waals surface area contributed by atoms with Gasteiger partial charge in [0.15, 0.2) is 0 Å². The first-order valence-electron chi connectivity index (χ1n) is 9.46. The van der Waals surface area contributed by atoms with Crippen molar-refractivity contribution in [2.45, 2.75) is 39.2 Å². The second kappa shape index (κ2) is 6.55. The van der Waals surface area contributed by atoms with E-state index in [0.29, 0.717) is 5.58 Å². The van der Waals surface area contributed by atoms with Crippen molar-refractivity contribution in [3.05, 3.63) is 64.0 Å². The predicted molar refractivity (Wildman–Crippen MR) is 112 cm³/mol. The van der Waals surface area contributed by atoms with Crippen molar-refractivity contribution in [3.8, 4) is 22.6 Å². The maximum atomic E-state index is 12.2. The molecule has 0 atom stereocenters. The molecular formula is C24H24O4. The van der Waals surface area contributed by atoms with Crippen molar-refractivity contribution in [1.82, 2.24) is 0 Å². The van der Waals surface area contributed by atoms with E-state index in [1.807, 2.05) is 44.2 Å². The van der Waals surface area contributed by atoms with Gasteiger partial charge in [0.05, 0.1) is 12.5 Å². The minimum Gasteiger partial charge on any atom is -0.497 e. The molecule has 0 fully saturated rings. The molecule has 0 N–H and O–H groups in total. The molecule has 0 spiro atoms. The standard InChI is InChI=1S/C24H24O4/c1-14(2)18-13-21(25)27-20-12-19(15-6-8-16(26-5)9-7-15)17-10-11-24(3,4)28-23(17)22(18)20/h6-14H,1-5H3. The molecule has 4 nitrogen and oxygen atoms in total. The average molecular weight is 376 g/mol. The molecule has 0 bridgehead atoms. The molecule has 4 rings (SSSR count). The average Bonchev–Trinajstić information content (AvgIpc) is 2.65. The van der Waals surface area contributed by atoms with Gasteiger partial charge in [-0.1, -0.05) is 32.1 Å². The number of fused-ring (bicyclic) bond motifs is 3. The van der Waals surface area contributed by atoms with Crippen molar-refractivity contribution in [3.63, 3.8) is 0 Å². The van der Waals surface area contributed by atoms with Crippen LogP contribution in [0.1, 0.15) is 44.7 Å². The van der Waals surface area contributed by atoms with Gasteiger partial charge in [0.25, 0.3) is 0 Å². The summed E-state index contributed by atoms with van der Waals surface area (Å²) in [4.78, 5) is 12.2. The van der Waals surface area contributed by atoms with Crippen LogP contribution in [-0.4, -0.2) is 12.7 Å². The molecule has 0 saturated heterocycles. The fraction of sp³-hybridized carbons (Fsp3) is 0.292. The molecule has 144 valence electrons. The number of methoxy groups -OCH3 is 1. The van der Waals surface area contributed by atoms with Crippen LogP contribution in [0.5, 0.6) is 11.5 Å². The smallest absolute Gasteiger partial charge is 0.336 e. The van der Waals surface area contributed by atoms with E-state index in [4.69, 9.17) is 13.9 Å². The number of hydrogen-bond donors (Lipinski definition) is 0. The Bertz CT molecular complexity index is 1130. The lowest BCUT2D eigenvalue weighted by Gasteiger charge is -2.30. The first kappa shape index (κ1) is 18.4. The third-order valence-corrected chi connectivity index (χ3v) is 5.10. The van der Waals surface area contributed by atoms with Gasteiger partial charge >= 0.3 is 5.63 Å². The van der Waals surface area contributed by atoms with Crippen molar-refractivity contribution >= 4 is 17.0 Å². The molecule has 1 aliphatic rings. The van der Waals surface area contributed by atoms with Gasteiger partial charge < -0.3 is 13.9 Å². The fourth-order valence-corrected chi connectivity index (χ4v) is 3.66. The highest BCUT2D eigenvalue weighted by molar-refractivity contribution is 5.98. The monoisotopic (exact) mass is 376 g/mol. The number of benzene rings is 2. The van der Waals surface area contributed by atoms with Crippen LogP contribution in [0, 0.1) is 0 Å². The maximum absolute atomic E-state index is 12.2. The lowest BCUT2D eigenvalue weighted by molar-refractivity contribution is 0.161. The summed E-state index contributed by atoms with van der Waals surface area (Å²) in [6.07, 6.45) is 4.16. The Hall–Kier alpha value is -3.01. The van der Waals surface area contributed by atoms with Crippen LogP contribution in [0.15, 0.2) is 51.7 Å². The van der Waals surface area contributed by atoms with Crippen LogP contribution in [0.3, 0.4) is 0 Å². The summed E-state index contributed by atoms with van der Waals surface area (Å²) in [5, 5.41) is 0.874. The zero-order valence-electron chi connectivity index (χ0n) is 16.8. The third-order valence-electron chi connectivity index (χ3n) is 5.10. The van der Waals surface area contributed by atoms with E-state index in [9.17, 15) is 4.79 Å². The number of rotatable bonds is 3. The molecule has 28 heavy (non-hydrogen) atoms. The number of ether oxygens (including phenoxy) is 2. The van der Waals surface area contributed by atoms with E-state index >= 15 is 0 Å². The Labute approximate surface area is 164 Å². The molecule has 1 aromatic heterocycles. The Morgan fingerprint density at radius 2 is 1.79 bits per heavy atom. The second-order valence-corrected chi connectivity index (χ2v) is 7.98. The molecule has 2 heterocycles. The molecular weight excluding hydrogens is 352 g/mol. The summed E-state index contributed by atoms with van der Waals surface area (Å²) in [6, 6.07) is 11.4. The van der Waals surface area contributed by atoms with Gasteiger partial charge in [-0.3, -0.25) is 0 Å². The highest BCUT2D eigenvalue weighted by Gasteiger charge is 2.28. The van der Waals surface area contributed by atoms with E-state index in [-0.39, 0.29) is 11.5 Å².